The number of hydrogen-bond donors (Lipinski definition) is 3. The number of amides is 2. The van der Waals surface area contributed by atoms with E-state index in [9.17, 15) is 9.59 Å². The molecule has 2 atom stereocenters. The zero-order chi connectivity index (χ0) is 15.0. The molecule has 3 N–H and O–H groups in total. The van der Waals surface area contributed by atoms with Gasteiger partial charge in [-0.1, -0.05) is 0 Å². The standard InChI is InChI=1S/C13H20N2O3S2/c1-9(7-10-3-6-20-8-10)14-13(18)15-11(12(16)17)4-5-19-2/h3,6,8-9,11H,4-5,7H2,1-2H3,(H,16,17)(H2,14,15,18). The minimum absolute atomic E-state index is 0.0420. The lowest BCUT2D eigenvalue weighted by molar-refractivity contribution is -0.139. The van der Waals surface area contributed by atoms with Crippen molar-refractivity contribution in [2.24, 2.45) is 0 Å². The third-order valence-electron chi connectivity index (χ3n) is 2.71. The third-order valence-corrected chi connectivity index (χ3v) is 4.09. The summed E-state index contributed by atoms with van der Waals surface area (Å²) in [5, 5.41) is 18.3. The fourth-order valence-corrected chi connectivity index (χ4v) is 2.88. The maximum atomic E-state index is 11.8. The van der Waals surface area contributed by atoms with E-state index in [4.69, 9.17) is 5.11 Å². The lowest BCUT2D eigenvalue weighted by Crippen LogP contribution is -2.49. The fraction of sp³-hybridized carbons (Fsp3) is 0.538. The Morgan fingerprint density at radius 1 is 1.45 bits per heavy atom. The smallest absolute Gasteiger partial charge is 0.326 e. The maximum absolute atomic E-state index is 11.8. The number of rotatable bonds is 8. The summed E-state index contributed by atoms with van der Waals surface area (Å²) in [5.41, 5.74) is 1.17. The van der Waals surface area contributed by atoms with Crippen molar-refractivity contribution in [2.45, 2.75) is 31.8 Å². The highest BCUT2D eigenvalue weighted by molar-refractivity contribution is 7.98. The number of carbonyl (C=O) groups excluding carboxylic acids is 1. The first-order chi connectivity index (χ1) is 9.52. The molecule has 5 nitrogen and oxygen atoms in total. The first-order valence-electron chi connectivity index (χ1n) is 6.32. The number of thiophene rings is 1. The Bertz CT molecular complexity index is 423. The van der Waals surface area contributed by atoms with Gasteiger partial charge in [0.1, 0.15) is 6.04 Å². The number of urea groups is 1. The van der Waals surface area contributed by atoms with E-state index in [-0.39, 0.29) is 6.04 Å². The van der Waals surface area contributed by atoms with Crippen molar-refractivity contribution >= 4 is 35.1 Å². The number of carboxylic acids is 1. The second kappa shape index (κ2) is 8.86. The van der Waals surface area contributed by atoms with Crippen molar-refractivity contribution in [3.63, 3.8) is 0 Å². The molecule has 0 aliphatic carbocycles. The summed E-state index contributed by atoms with van der Waals surface area (Å²) < 4.78 is 0. The van der Waals surface area contributed by atoms with Crippen molar-refractivity contribution in [3.05, 3.63) is 22.4 Å². The van der Waals surface area contributed by atoms with Crippen molar-refractivity contribution in [2.75, 3.05) is 12.0 Å². The number of nitrogens with one attached hydrogen (secondary N) is 2. The number of carbonyl (C=O) groups is 2. The van der Waals surface area contributed by atoms with Crippen LogP contribution in [0.15, 0.2) is 16.8 Å². The molecule has 2 unspecified atom stereocenters. The summed E-state index contributed by atoms with van der Waals surface area (Å²) in [7, 11) is 0. The minimum atomic E-state index is -1.00. The Kier molecular flexibility index (Phi) is 7.46. The van der Waals surface area contributed by atoms with Crippen molar-refractivity contribution < 1.29 is 14.7 Å². The summed E-state index contributed by atoms with van der Waals surface area (Å²) in [6, 6.07) is 0.704. The van der Waals surface area contributed by atoms with Gasteiger partial charge in [-0.25, -0.2) is 9.59 Å². The van der Waals surface area contributed by atoms with Gasteiger partial charge in [0.05, 0.1) is 0 Å². The molecular weight excluding hydrogens is 296 g/mol. The lowest BCUT2D eigenvalue weighted by atomic mass is 10.1. The molecule has 0 fully saturated rings. The quantitative estimate of drug-likeness (QED) is 0.687. The first-order valence-corrected chi connectivity index (χ1v) is 8.66. The lowest BCUT2D eigenvalue weighted by Gasteiger charge is -2.18. The van der Waals surface area contributed by atoms with Crippen LogP contribution >= 0.6 is 23.1 Å². The summed E-state index contributed by atoms with van der Waals surface area (Å²) in [4.78, 5) is 22.8. The molecule has 7 heteroatoms. The summed E-state index contributed by atoms with van der Waals surface area (Å²) in [5.74, 6) is -0.304. The highest BCUT2D eigenvalue weighted by atomic mass is 32.2. The highest BCUT2D eigenvalue weighted by Gasteiger charge is 2.20. The van der Waals surface area contributed by atoms with Gasteiger partial charge in [-0.2, -0.15) is 23.1 Å². The molecule has 0 aliphatic rings. The van der Waals surface area contributed by atoms with E-state index in [1.165, 1.54) is 5.56 Å². The number of aliphatic carboxylic acids is 1. The Hall–Kier alpha value is -1.21. The summed E-state index contributed by atoms with van der Waals surface area (Å²) in [6.07, 6.45) is 3.06. The topological polar surface area (TPSA) is 78.4 Å². The van der Waals surface area contributed by atoms with Gasteiger partial charge >= 0.3 is 12.0 Å². The number of hydrogen-bond acceptors (Lipinski definition) is 4. The van der Waals surface area contributed by atoms with Crippen LogP contribution < -0.4 is 10.6 Å². The van der Waals surface area contributed by atoms with Gasteiger partial charge in [-0.05, 0) is 54.2 Å². The second-order valence-electron chi connectivity index (χ2n) is 4.53. The Labute approximate surface area is 127 Å². The monoisotopic (exact) mass is 316 g/mol. The molecule has 0 bridgehead atoms. The fourth-order valence-electron chi connectivity index (χ4n) is 1.73. The predicted octanol–water partition coefficient (Wildman–Crippen LogP) is 2.18. The molecule has 1 rings (SSSR count). The van der Waals surface area contributed by atoms with E-state index in [0.29, 0.717) is 12.2 Å². The molecule has 0 aliphatic heterocycles. The maximum Gasteiger partial charge on any atom is 0.326 e. The van der Waals surface area contributed by atoms with Gasteiger partial charge in [0.15, 0.2) is 0 Å². The Morgan fingerprint density at radius 3 is 2.75 bits per heavy atom. The summed E-state index contributed by atoms with van der Waals surface area (Å²) >= 11 is 3.17. The van der Waals surface area contributed by atoms with Crippen LogP contribution in [0.1, 0.15) is 18.9 Å². The second-order valence-corrected chi connectivity index (χ2v) is 6.29. The molecule has 0 saturated heterocycles. The molecular formula is C13H20N2O3S2. The average Bonchev–Trinajstić information content (AvgIpc) is 2.86. The molecule has 20 heavy (non-hydrogen) atoms. The van der Waals surface area contributed by atoms with Gasteiger partial charge in [-0.15, -0.1) is 0 Å². The minimum Gasteiger partial charge on any atom is -0.480 e. The van der Waals surface area contributed by atoms with Crippen molar-refractivity contribution in [1.29, 1.82) is 0 Å². The van der Waals surface area contributed by atoms with Crippen LogP contribution in [0.3, 0.4) is 0 Å². The zero-order valence-electron chi connectivity index (χ0n) is 11.6. The molecule has 112 valence electrons. The number of carboxylic acid groups (broad SMARTS) is 1. The van der Waals surface area contributed by atoms with Crippen LogP contribution in [0, 0.1) is 0 Å². The average molecular weight is 316 g/mol. The molecule has 0 aromatic carbocycles. The molecule has 2 amide bonds. The van der Waals surface area contributed by atoms with Crippen LogP contribution in [0.25, 0.3) is 0 Å². The van der Waals surface area contributed by atoms with Crippen molar-refractivity contribution in [3.8, 4) is 0 Å². The molecule has 0 saturated carbocycles. The highest BCUT2D eigenvalue weighted by Crippen LogP contribution is 2.08. The van der Waals surface area contributed by atoms with E-state index in [2.05, 4.69) is 10.6 Å². The van der Waals surface area contributed by atoms with Gasteiger partial charge in [0.2, 0.25) is 0 Å². The van der Waals surface area contributed by atoms with Crippen LogP contribution in [0.4, 0.5) is 4.79 Å². The van der Waals surface area contributed by atoms with Crippen LogP contribution in [0.5, 0.6) is 0 Å². The SMILES string of the molecule is CSCCC(NC(=O)NC(C)Cc1ccsc1)C(=O)O. The van der Waals surface area contributed by atoms with Crippen LogP contribution in [-0.2, 0) is 11.2 Å². The predicted molar refractivity (Wildman–Crippen MR) is 83.6 cm³/mol. The number of thioether (sulfide) groups is 1. The third kappa shape index (κ3) is 6.29. The van der Waals surface area contributed by atoms with Crippen LogP contribution in [-0.4, -0.2) is 41.2 Å². The van der Waals surface area contributed by atoms with Gasteiger partial charge in [0, 0.05) is 6.04 Å². The van der Waals surface area contributed by atoms with Gasteiger partial charge < -0.3 is 15.7 Å². The van der Waals surface area contributed by atoms with E-state index in [1.54, 1.807) is 23.1 Å². The normalized spacial score (nSPS) is 13.5. The zero-order valence-corrected chi connectivity index (χ0v) is 13.2. The summed E-state index contributed by atoms with van der Waals surface area (Å²) in [6.45, 7) is 1.90. The van der Waals surface area contributed by atoms with Crippen LogP contribution in [0.2, 0.25) is 0 Å². The Morgan fingerprint density at radius 2 is 2.20 bits per heavy atom. The largest absolute Gasteiger partial charge is 0.480 e. The van der Waals surface area contributed by atoms with Gasteiger partial charge in [0.25, 0.3) is 0 Å². The van der Waals surface area contributed by atoms with E-state index in [1.807, 2.05) is 30.0 Å². The van der Waals surface area contributed by atoms with Gasteiger partial charge in [-0.3, -0.25) is 0 Å². The van der Waals surface area contributed by atoms with E-state index < -0.39 is 18.0 Å². The first kappa shape index (κ1) is 16.8. The van der Waals surface area contributed by atoms with E-state index >= 15 is 0 Å². The molecule has 1 aromatic heterocycles. The molecule has 1 heterocycles. The van der Waals surface area contributed by atoms with E-state index in [0.717, 1.165) is 6.42 Å². The van der Waals surface area contributed by atoms with Crippen molar-refractivity contribution in [1.82, 2.24) is 10.6 Å². The molecule has 1 aromatic rings. The molecule has 0 spiro atoms. The Balaban J connectivity index is 2.38. The molecule has 0 radical (unpaired) electrons.